The van der Waals surface area contributed by atoms with E-state index < -0.39 is 6.09 Å². The molecule has 0 aliphatic carbocycles. The van der Waals surface area contributed by atoms with Crippen molar-refractivity contribution < 1.29 is 14.6 Å². The number of hydrogen-bond acceptors (Lipinski definition) is 5. The number of aromatic amines is 1. The van der Waals surface area contributed by atoms with Gasteiger partial charge in [0.25, 0.3) is 5.56 Å². The largest absolute Gasteiger partial charge is 0.465 e. The van der Waals surface area contributed by atoms with Gasteiger partial charge in [0.2, 0.25) is 0 Å². The monoisotopic (exact) mass is 332 g/mol. The summed E-state index contributed by atoms with van der Waals surface area (Å²) in [6.45, 7) is 0. The van der Waals surface area contributed by atoms with Crippen molar-refractivity contribution in [3.05, 3.63) is 52.0 Å². The number of aromatic nitrogens is 3. The van der Waals surface area contributed by atoms with Crippen LogP contribution in [0.4, 0.5) is 10.5 Å². The Bertz CT molecular complexity index is 957. The van der Waals surface area contributed by atoms with Crippen LogP contribution in [0.2, 0.25) is 5.02 Å². The summed E-state index contributed by atoms with van der Waals surface area (Å²) in [4.78, 5) is 32.4. The third-order valence-corrected chi connectivity index (χ3v) is 3.16. The highest BCUT2D eigenvalue weighted by atomic mass is 35.5. The van der Waals surface area contributed by atoms with Gasteiger partial charge in [-0.3, -0.25) is 10.1 Å². The van der Waals surface area contributed by atoms with E-state index in [-0.39, 0.29) is 16.3 Å². The minimum atomic E-state index is -1.21. The molecule has 0 aliphatic rings. The van der Waals surface area contributed by atoms with E-state index in [9.17, 15) is 9.59 Å². The SMILES string of the molecule is O=C(O)Nc1ccc(Oc2ccnc3[nH]c(=O)cnc23)cc1Cl. The lowest BCUT2D eigenvalue weighted by molar-refractivity contribution is 0.209. The molecule has 2 heterocycles. The van der Waals surface area contributed by atoms with Crippen LogP contribution in [0.3, 0.4) is 0 Å². The van der Waals surface area contributed by atoms with Crippen molar-refractivity contribution in [2.45, 2.75) is 0 Å². The molecule has 0 aliphatic heterocycles. The first-order chi connectivity index (χ1) is 11.0. The summed E-state index contributed by atoms with van der Waals surface area (Å²) in [6.07, 6.45) is 1.38. The van der Waals surface area contributed by atoms with Gasteiger partial charge in [0.05, 0.1) is 16.9 Å². The molecule has 3 rings (SSSR count). The molecular formula is C14H9ClN4O4. The quantitative estimate of drug-likeness (QED) is 0.679. The summed E-state index contributed by atoms with van der Waals surface area (Å²) in [5, 5.41) is 11.0. The van der Waals surface area contributed by atoms with Crippen molar-refractivity contribution in [3.8, 4) is 11.5 Å². The summed E-state index contributed by atoms with van der Waals surface area (Å²) < 4.78 is 5.69. The fourth-order valence-corrected chi connectivity index (χ4v) is 2.13. The Labute approximate surface area is 133 Å². The van der Waals surface area contributed by atoms with E-state index in [1.165, 1.54) is 18.3 Å². The van der Waals surface area contributed by atoms with E-state index in [1.54, 1.807) is 12.1 Å². The van der Waals surface area contributed by atoms with E-state index in [0.29, 0.717) is 22.7 Å². The fourth-order valence-electron chi connectivity index (χ4n) is 1.91. The number of nitrogens with one attached hydrogen (secondary N) is 2. The molecule has 0 fully saturated rings. The lowest BCUT2D eigenvalue weighted by Gasteiger charge is -2.09. The van der Waals surface area contributed by atoms with Gasteiger partial charge in [0.15, 0.2) is 11.4 Å². The van der Waals surface area contributed by atoms with Crippen LogP contribution in [0.1, 0.15) is 0 Å². The number of carbonyl (C=O) groups is 1. The summed E-state index contributed by atoms with van der Waals surface area (Å²) in [5.41, 5.74) is 0.559. The number of amides is 1. The zero-order valence-corrected chi connectivity index (χ0v) is 12.2. The van der Waals surface area contributed by atoms with Crippen LogP contribution in [-0.2, 0) is 0 Å². The summed E-state index contributed by atoms with van der Waals surface area (Å²) in [5.74, 6) is 0.757. The molecule has 0 saturated carbocycles. The Kier molecular flexibility index (Phi) is 3.82. The molecule has 9 heteroatoms. The Hall–Kier alpha value is -3.13. The number of anilines is 1. The molecule has 3 N–H and O–H groups in total. The maximum Gasteiger partial charge on any atom is 0.409 e. The molecule has 0 unspecified atom stereocenters. The molecule has 0 saturated heterocycles. The predicted molar refractivity (Wildman–Crippen MR) is 83.3 cm³/mol. The van der Waals surface area contributed by atoms with Gasteiger partial charge >= 0.3 is 6.09 Å². The smallest absolute Gasteiger partial charge is 0.409 e. The van der Waals surface area contributed by atoms with Crippen molar-refractivity contribution in [1.29, 1.82) is 0 Å². The maximum absolute atomic E-state index is 11.3. The molecular weight excluding hydrogens is 324 g/mol. The van der Waals surface area contributed by atoms with Gasteiger partial charge in [-0.2, -0.15) is 0 Å². The molecule has 0 bridgehead atoms. The number of nitrogens with zero attached hydrogens (tertiary/aromatic N) is 2. The van der Waals surface area contributed by atoms with Crippen LogP contribution >= 0.6 is 11.6 Å². The van der Waals surface area contributed by atoms with Crippen molar-refractivity contribution in [3.63, 3.8) is 0 Å². The van der Waals surface area contributed by atoms with Gasteiger partial charge in [0, 0.05) is 18.3 Å². The van der Waals surface area contributed by atoms with Crippen molar-refractivity contribution in [2.24, 2.45) is 0 Å². The average molecular weight is 333 g/mol. The van der Waals surface area contributed by atoms with Crippen LogP contribution in [-0.4, -0.2) is 26.2 Å². The molecule has 0 spiro atoms. The van der Waals surface area contributed by atoms with Crippen molar-refractivity contribution in [2.75, 3.05) is 5.32 Å². The van der Waals surface area contributed by atoms with Gasteiger partial charge in [-0.1, -0.05) is 11.6 Å². The maximum atomic E-state index is 11.3. The summed E-state index contributed by atoms with van der Waals surface area (Å²) in [6, 6.07) is 6.08. The average Bonchev–Trinajstić information content (AvgIpc) is 2.49. The highest BCUT2D eigenvalue weighted by molar-refractivity contribution is 6.33. The first-order valence-corrected chi connectivity index (χ1v) is 6.72. The van der Waals surface area contributed by atoms with Crippen molar-refractivity contribution >= 4 is 34.5 Å². The molecule has 8 nitrogen and oxygen atoms in total. The molecule has 0 atom stereocenters. The van der Waals surface area contributed by atoms with E-state index in [4.69, 9.17) is 21.4 Å². The normalized spacial score (nSPS) is 10.5. The lowest BCUT2D eigenvalue weighted by atomic mass is 10.3. The summed E-state index contributed by atoms with van der Waals surface area (Å²) >= 11 is 6.00. The van der Waals surface area contributed by atoms with E-state index >= 15 is 0 Å². The van der Waals surface area contributed by atoms with Gasteiger partial charge in [0.1, 0.15) is 11.3 Å². The van der Waals surface area contributed by atoms with Crippen LogP contribution < -0.4 is 15.6 Å². The first kappa shape index (κ1) is 14.8. The summed E-state index contributed by atoms with van der Waals surface area (Å²) in [7, 11) is 0. The van der Waals surface area contributed by atoms with Crippen LogP contribution in [0, 0.1) is 0 Å². The van der Waals surface area contributed by atoms with Gasteiger partial charge in [-0.25, -0.2) is 14.8 Å². The zero-order valence-electron chi connectivity index (χ0n) is 11.4. The highest BCUT2D eigenvalue weighted by Crippen LogP contribution is 2.31. The number of ether oxygens (including phenoxy) is 1. The second-order valence-electron chi connectivity index (χ2n) is 4.43. The van der Waals surface area contributed by atoms with Crippen LogP contribution in [0.25, 0.3) is 11.2 Å². The number of halogens is 1. The topological polar surface area (TPSA) is 117 Å². The fraction of sp³-hybridized carbons (Fsp3) is 0. The molecule has 3 aromatic rings. The van der Waals surface area contributed by atoms with Gasteiger partial charge in [-0.05, 0) is 12.1 Å². The molecule has 23 heavy (non-hydrogen) atoms. The number of pyridine rings is 1. The standard InChI is InChI=1S/C14H9ClN4O4/c15-8-5-7(1-2-9(8)18-14(21)22)23-10-3-4-16-13-12(10)17-6-11(20)19-13/h1-6,18H,(H,21,22)(H,16,19,20). The minimum absolute atomic E-state index is 0.185. The Balaban J connectivity index is 1.95. The number of rotatable bonds is 3. The third kappa shape index (κ3) is 3.22. The van der Waals surface area contributed by atoms with Gasteiger partial charge < -0.3 is 14.8 Å². The minimum Gasteiger partial charge on any atom is -0.465 e. The molecule has 2 aromatic heterocycles. The van der Waals surface area contributed by atoms with E-state index in [2.05, 4.69) is 20.3 Å². The molecule has 116 valence electrons. The molecule has 1 aromatic carbocycles. The number of fused-ring (bicyclic) bond motifs is 1. The first-order valence-electron chi connectivity index (χ1n) is 6.34. The lowest BCUT2D eigenvalue weighted by Crippen LogP contribution is -2.07. The highest BCUT2D eigenvalue weighted by Gasteiger charge is 2.09. The predicted octanol–water partition coefficient (Wildman–Crippen LogP) is 2.85. The number of H-pyrrole nitrogens is 1. The number of benzene rings is 1. The van der Waals surface area contributed by atoms with Crippen molar-refractivity contribution in [1.82, 2.24) is 15.0 Å². The molecule has 1 amide bonds. The Morgan fingerprint density at radius 1 is 1.30 bits per heavy atom. The zero-order chi connectivity index (χ0) is 16.4. The number of carboxylic acid groups (broad SMARTS) is 1. The van der Waals surface area contributed by atoms with E-state index in [0.717, 1.165) is 6.20 Å². The number of hydrogen-bond donors (Lipinski definition) is 3. The third-order valence-electron chi connectivity index (χ3n) is 2.85. The second-order valence-corrected chi connectivity index (χ2v) is 4.83. The molecule has 0 radical (unpaired) electrons. The van der Waals surface area contributed by atoms with Gasteiger partial charge in [-0.15, -0.1) is 0 Å². The second kappa shape index (κ2) is 5.93. The van der Waals surface area contributed by atoms with E-state index in [1.807, 2.05) is 0 Å². The Morgan fingerprint density at radius 3 is 2.87 bits per heavy atom. The van der Waals surface area contributed by atoms with Crippen LogP contribution in [0.15, 0.2) is 41.5 Å². The van der Waals surface area contributed by atoms with Crippen LogP contribution in [0.5, 0.6) is 11.5 Å². The Morgan fingerprint density at radius 2 is 2.13 bits per heavy atom.